The molecule has 0 spiro atoms. The summed E-state index contributed by atoms with van der Waals surface area (Å²) in [6.45, 7) is 1.84. The monoisotopic (exact) mass is 316 g/mol. The molecular weight excluding hydrogens is 304 g/mol. The first kappa shape index (κ1) is 15.4. The smallest absolute Gasteiger partial charge is 0.237 e. The molecule has 1 atom stereocenters. The van der Waals surface area contributed by atoms with Gasteiger partial charge in [0.1, 0.15) is 0 Å². The molecule has 2 rings (SSSR count). The molecule has 0 radical (unpaired) electrons. The van der Waals surface area contributed by atoms with Crippen LogP contribution in [0, 0.1) is 11.3 Å². The van der Waals surface area contributed by atoms with Crippen molar-refractivity contribution in [1.82, 2.24) is 0 Å². The lowest BCUT2D eigenvalue weighted by molar-refractivity contribution is -0.115. The second-order valence-electron chi connectivity index (χ2n) is 4.40. The zero-order chi connectivity index (χ0) is 15.2. The Morgan fingerprint density at radius 1 is 1.29 bits per heavy atom. The number of thioether (sulfide) groups is 1. The van der Waals surface area contributed by atoms with Gasteiger partial charge in [-0.3, -0.25) is 4.79 Å². The van der Waals surface area contributed by atoms with Gasteiger partial charge in [0, 0.05) is 15.6 Å². The third kappa shape index (κ3) is 4.52. The van der Waals surface area contributed by atoms with E-state index in [-0.39, 0.29) is 11.2 Å². The first-order valence-corrected chi connectivity index (χ1v) is 7.57. The van der Waals surface area contributed by atoms with E-state index in [0.29, 0.717) is 16.3 Å². The van der Waals surface area contributed by atoms with E-state index in [1.54, 1.807) is 36.4 Å². The Morgan fingerprint density at radius 3 is 2.67 bits per heavy atom. The number of nitriles is 1. The second kappa shape index (κ2) is 7.16. The van der Waals surface area contributed by atoms with Gasteiger partial charge in [0.05, 0.1) is 16.9 Å². The molecule has 0 fully saturated rings. The number of nitrogens with zero attached hydrogens (tertiary/aromatic N) is 1. The predicted octanol–water partition coefficient (Wildman–Crippen LogP) is 4.33. The van der Waals surface area contributed by atoms with Crippen molar-refractivity contribution in [2.75, 3.05) is 5.32 Å². The number of rotatable bonds is 4. The van der Waals surface area contributed by atoms with Crippen molar-refractivity contribution in [2.24, 2.45) is 0 Å². The molecule has 106 valence electrons. The molecule has 0 aromatic heterocycles. The second-order valence-corrected chi connectivity index (χ2v) is 6.25. The summed E-state index contributed by atoms with van der Waals surface area (Å²) in [4.78, 5) is 13.1. The van der Waals surface area contributed by atoms with Crippen molar-refractivity contribution in [1.29, 1.82) is 5.26 Å². The van der Waals surface area contributed by atoms with Crippen LogP contribution in [0.5, 0.6) is 0 Å². The average Bonchev–Trinajstić information content (AvgIpc) is 2.49. The van der Waals surface area contributed by atoms with E-state index in [9.17, 15) is 4.79 Å². The number of anilines is 1. The lowest BCUT2D eigenvalue weighted by Crippen LogP contribution is -2.22. The highest BCUT2D eigenvalue weighted by molar-refractivity contribution is 8.00. The van der Waals surface area contributed by atoms with Crippen LogP contribution in [0.2, 0.25) is 5.02 Å². The van der Waals surface area contributed by atoms with Crippen LogP contribution >= 0.6 is 23.4 Å². The highest BCUT2D eigenvalue weighted by Crippen LogP contribution is 2.25. The molecule has 0 aliphatic carbocycles. The fraction of sp³-hybridized carbons (Fsp3) is 0.125. The Labute approximate surface area is 132 Å². The maximum absolute atomic E-state index is 12.1. The van der Waals surface area contributed by atoms with Crippen LogP contribution in [0.3, 0.4) is 0 Å². The highest BCUT2D eigenvalue weighted by Gasteiger charge is 2.14. The summed E-state index contributed by atoms with van der Waals surface area (Å²) >= 11 is 7.29. The van der Waals surface area contributed by atoms with Gasteiger partial charge in [0.25, 0.3) is 0 Å². The summed E-state index contributed by atoms with van der Waals surface area (Å²) in [6.07, 6.45) is 0. The maximum atomic E-state index is 12.1. The van der Waals surface area contributed by atoms with Gasteiger partial charge in [-0.25, -0.2) is 0 Å². The van der Waals surface area contributed by atoms with Gasteiger partial charge in [0.2, 0.25) is 5.91 Å². The SMILES string of the molecule is CC(Sc1ccc(Cl)cc1)C(=O)Nc1cccc(C#N)c1. The molecule has 0 heterocycles. The molecule has 1 amide bonds. The Bertz CT molecular complexity index is 679. The largest absolute Gasteiger partial charge is 0.325 e. The van der Waals surface area contributed by atoms with E-state index in [1.165, 1.54) is 11.8 Å². The van der Waals surface area contributed by atoms with Crippen LogP contribution in [-0.2, 0) is 4.79 Å². The number of halogens is 1. The molecule has 2 aromatic carbocycles. The van der Waals surface area contributed by atoms with Crippen LogP contribution in [0.25, 0.3) is 0 Å². The third-order valence-electron chi connectivity index (χ3n) is 2.75. The molecule has 0 bridgehead atoms. The number of amides is 1. The topological polar surface area (TPSA) is 52.9 Å². The van der Waals surface area contributed by atoms with Crippen molar-refractivity contribution in [3.05, 3.63) is 59.1 Å². The first-order valence-electron chi connectivity index (χ1n) is 6.32. The predicted molar refractivity (Wildman–Crippen MR) is 86.6 cm³/mol. The third-order valence-corrected chi connectivity index (χ3v) is 4.12. The number of hydrogen-bond donors (Lipinski definition) is 1. The van der Waals surface area contributed by atoms with Gasteiger partial charge in [-0.1, -0.05) is 17.7 Å². The number of carbonyl (C=O) groups is 1. The summed E-state index contributed by atoms with van der Waals surface area (Å²) in [7, 11) is 0. The Kier molecular flexibility index (Phi) is 5.26. The fourth-order valence-corrected chi connectivity index (χ4v) is 2.67. The summed E-state index contributed by atoms with van der Waals surface area (Å²) < 4.78 is 0. The Balaban J connectivity index is 1.99. The van der Waals surface area contributed by atoms with Crippen LogP contribution in [0.4, 0.5) is 5.69 Å². The highest BCUT2D eigenvalue weighted by atomic mass is 35.5. The van der Waals surface area contributed by atoms with E-state index < -0.39 is 0 Å². The van der Waals surface area contributed by atoms with E-state index in [4.69, 9.17) is 16.9 Å². The lowest BCUT2D eigenvalue weighted by atomic mass is 10.2. The quantitative estimate of drug-likeness (QED) is 0.854. The van der Waals surface area contributed by atoms with Crippen LogP contribution < -0.4 is 5.32 Å². The Morgan fingerprint density at radius 2 is 2.00 bits per heavy atom. The normalized spacial score (nSPS) is 11.5. The van der Waals surface area contributed by atoms with Gasteiger partial charge in [-0.2, -0.15) is 5.26 Å². The maximum Gasteiger partial charge on any atom is 0.237 e. The number of nitrogens with one attached hydrogen (secondary N) is 1. The standard InChI is InChI=1S/C16H13ClN2OS/c1-11(21-15-7-5-13(17)6-8-15)16(20)19-14-4-2-3-12(9-14)10-18/h2-9,11H,1H3,(H,19,20). The molecule has 5 heteroatoms. The summed E-state index contributed by atoms with van der Waals surface area (Å²) in [5.74, 6) is -0.106. The molecule has 1 N–H and O–H groups in total. The van der Waals surface area contributed by atoms with Gasteiger partial charge in [-0.05, 0) is 49.4 Å². The van der Waals surface area contributed by atoms with Crippen LogP contribution in [-0.4, -0.2) is 11.2 Å². The number of benzene rings is 2. The van der Waals surface area contributed by atoms with E-state index >= 15 is 0 Å². The number of hydrogen-bond acceptors (Lipinski definition) is 3. The first-order chi connectivity index (χ1) is 10.1. The molecule has 1 unspecified atom stereocenters. The van der Waals surface area contributed by atoms with Crippen molar-refractivity contribution in [3.63, 3.8) is 0 Å². The zero-order valence-electron chi connectivity index (χ0n) is 11.3. The van der Waals surface area contributed by atoms with Gasteiger partial charge < -0.3 is 5.32 Å². The fourth-order valence-electron chi connectivity index (χ4n) is 1.68. The van der Waals surface area contributed by atoms with E-state index in [0.717, 1.165) is 4.90 Å². The van der Waals surface area contributed by atoms with Gasteiger partial charge >= 0.3 is 0 Å². The van der Waals surface area contributed by atoms with Gasteiger partial charge in [0.15, 0.2) is 0 Å². The minimum Gasteiger partial charge on any atom is -0.325 e. The number of carbonyl (C=O) groups excluding carboxylic acids is 1. The lowest BCUT2D eigenvalue weighted by Gasteiger charge is -2.12. The van der Waals surface area contributed by atoms with E-state index in [2.05, 4.69) is 5.32 Å². The van der Waals surface area contributed by atoms with Gasteiger partial charge in [-0.15, -0.1) is 11.8 Å². The summed E-state index contributed by atoms with van der Waals surface area (Å²) in [5, 5.41) is 12.1. The molecule has 21 heavy (non-hydrogen) atoms. The van der Waals surface area contributed by atoms with Crippen molar-refractivity contribution in [3.8, 4) is 6.07 Å². The van der Waals surface area contributed by atoms with Crippen molar-refractivity contribution >= 4 is 35.0 Å². The minimum absolute atomic E-state index is 0.106. The summed E-state index contributed by atoms with van der Waals surface area (Å²) in [5.41, 5.74) is 1.15. The Hall–Kier alpha value is -1.96. The molecule has 3 nitrogen and oxygen atoms in total. The summed E-state index contributed by atoms with van der Waals surface area (Å²) in [6, 6.07) is 16.3. The molecular formula is C16H13ClN2OS. The molecule has 0 aliphatic heterocycles. The molecule has 0 aliphatic rings. The minimum atomic E-state index is -0.253. The molecule has 0 saturated heterocycles. The average molecular weight is 317 g/mol. The van der Waals surface area contributed by atoms with Crippen molar-refractivity contribution in [2.45, 2.75) is 17.1 Å². The molecule has 0 saturated carbocycles. The molecule has 2 aromatic rings. The van der Waals surface area contributed by atoms with Crippen LogP contribution in [0.15, 0.2) is 53.4 Å². The van der Waals surface area contributed by atoms with E-state index in [1.807, 2.05) is 25.1 Å². The van der Waals surface area contributed by atoms with Crippen molar-refractivity contribution < 1.29 is 4.79 Å². The van der Waals surface area contributed by atoms with Crippen LogP contribution in [0.1, 0.15) is 12.5 Å². The zero-order valence-corrected chi connectivity index (χ0v) is 12.9.